The highest BCUT2D eigenvalue weighted by Gasteiger charge is 2.21. The fourth-order valence-electron chi connectivity index (χ4n) is 2.88. The van der Waals surface area contributed by atoms with Gasteiger partial charge in [0.2, 0.25) is 0 Å². The van der Waals surface area contributed by atoms with Crippen molar-refractivity contribution in [3.05, 3.63) is 35.1 Å². The molecule has 1 aliphatic rings. The minimum atomic E-state index is -0.186. The zero-order valence-electron chi connectivity index (χ0n) is 12.9. The van der Waals surface area contributed by atoms with E-state index < -0.39 is 0 Å². The van der Waals surface area contributed by atoms with Gasteiger partial charge in [-0.2, -0.15) is 0 Å². The van der Waals surface area contributed by atoms with E-state index in [1.807, 2.05) is 12.1 Å². The minimum Gasteiger partial charge on any atom is -0.320 e. The zero-order chi connectivity index (χ0) is 15.2. The first-order valence-corrected chi connectivity index (χ1v) is 7.43. The molecule has 0 radical (unpaired) electrons. The van der Waals surface area contributed by atoms with E-state index in [9.17, 15) is 4.39 Å². The van der Waals surface area contributed by atoms with Gasteiger partial charge in [-0.3, -0.25) is 0 Å². The van der Waals surface area contributed by atoms with E-state index in [0.717, 1.165) is 18.7 Å². The van der Waals surface area contributed by atoms with Crippen molar-refractivity contribution in [2.75, 3.05) is 40.3 Å². The van der Waals surface area contributed by atoms with Crippen LogP contribution in [0.1, 0.15) is 17.5 Å². The lowest BCUT2D eigenvalue weighted by Crippen LogP contribution is -2.27. The minimum absolute atomic E-state index is 0.186. The zero-order valence-corrected chi connectivity index (χ0v) is 12.9. The second-order valence-corrected chi connectivity index (χ2v) is 5.93. The summed E-state index contributed by atoms with van der Waals surface area (Å²) in [5, 5.41) is 0. The molecule has 0 saturated carbocycles. The van der Waals surface area contributed by atoms with Gasteiger partial charge in [0.25, 0.3) is 0 Å². The van der Waals surface area contributed by atoms with E-state index in [0.29, 0.717) is 24.6 Å². The van der Waals surface area contributed by atoms with Gasteiger partial charge in [0.15, 0.2) is 0 Å². The van der Waals surface area contributed by atoms with Crippen LogP contribution in [0.2, 0.25) is 0 Å². The standard InChI is InChI=1S/C17H24FN3/c1-20-9-7-15(11-20)12-21(2)13-16-6-5-14(4-3-8-19)10-17(16)18/h5-6,10,15H,7-9,11-13,19H2,1-2H3. The predicted octanol–water partition coefficient (Wildman–Crippen LogP) is 1.52. The third kappa shape index (κ3) is 4.82. The average molecular weight is 289 g/mol. The number of rotatable bonds is 4. The third-order valence-corrected chi connectivity index (χ3v) is 3.89. The first-order chi connectivity index (χ1) is 10.1. The number of hydrogen-bond donors (Lipinski definition) is 1. The van der Waals surface area contributed by atoms with Gasteiger partial charge in [-0.1, -0.05) is 17.9 Å². The topological polar surface area (TPSA) is 32.5 Å². The first kappa shape index (κ1) is 16.0. The summed E-state index contributed by atoms with van der Waals surface area (Å²) in [6.45, 7) is 4.25. The SMILES string of the molecule is CN1CCC(CN(C)Cc2ccc(C#CCN)cc2F)C1. The molecule has 1 aliphatic heterocycles. The number of benzene rings is 1. The van der Waals surface area contributed by atoms with Gasteiger partial charge >= 0.3 is 0 Å². The number of halogens is 1. The average Bonchev–Trinajstić information content (AvgIpc) is 2.84. The molecule has 3 nitrogen and oxygen atoms in total. The highest BCUT2D eigenvalue weighted by molar-refractivity contribution is 5.37. The number of hydrogen-bond acceptors (Lipinski definition) is 3. The summed E-state index contributed by atoms with van der Waals surface area (Å²) in [6, 6.07) is 5.18. The Hall–Kier alpha value is -1.41. The molecule has 0 bridgehead atoms. The summed E-state index contributed by atoms with van der Waals surface area (Å²) in [5.41, 5.74) is 6.73. The van der Waals surface area contributed by atoms with Crippen LogP contribution in [0.3, 0.4) is 0 Å². The summed E-state index contributed by atoms with van der Waals surface area (Å²) in [6.07, 6.45) is 1.23. The molecule has 0 spiro atoms. The molecular formula is C17H24FN3. The maximum atomic E-state index is 14.1. The molecule has 2 rings (SSSR count). The van der Waals surface area contributed by atoms with E-state index >= 15 is 0 Å². The lowest BCUT2D eigenvalue weighted by molar-refractivity contribution is 0.264. The fourth-order valence-corrected chi connectivity index (χ4v) is 2.88. The summed E-state index contributed by atoms with van der Waals surface area (Å²) < 4.78 is 14.1. The van der Waals surface area contributed by atoms with Crippen LogP contribution in [-0.2, 0) is 6.54 Å². The van der Waals surface area contributed by atoms with Crippen molar-refractivity contribution in [1.82, 2.24) is 9.80 Å². The van der Waals surface area contributed by atoms with Gasteiger partial charge in [-0.15, -0.1) is 0 Å². The lowest BCUT2D eigenvalue weighted by atomic mass is 10.1. The predicted molar refractivity (Wildman–Crippen MR) is 84.3 cm³/mol. The van der Waals surface area contributed by atoms with Crippen molar-refractivity contribution in [3.8, 4) is 11.8 Å². The van der Waals surface area contributed by atoms with Gasteiger partial charge < -0.3 is 15.5 Å². The van der Waals surface area contributed by atoms with E-state index in [-0.39, 0.29) is 5.82 Å². The summed E-state index contributed by atoms with van der Waals surface area (Å²) >= 11 is 0. The van der Waals surface area contributed by atoms with Gasteiger partial charge in [-0.25, -0.2) is 4.39 Å². The van der Waals surface area contributed by atoms with E-state index in [1.54, 1.807) is 0 Å². The Balaban J connectivity index is 1.92. The van der Waals surface area contributed by atoms with Crippen LogP contribution >= 0.6 is 0 Å². The van der Waals surface area contributed by atoms with Crippen molar-refractivity contribution in [1.29, 1.82) is 0 Å². The van der Waals surface area contributed by atoms with Gasteiger partial charge in [0, 0.05) is 30.8 Å². The van der Waals surface area contributed by atoms with E-state index in [4.69, 9.17) is 5.73 Å². The quantitative estimate of drug-likeness (QED) is 0.853. The maximum Gasteiger partial charge on any atom is 0.128 e. The Morgan fingerprint density at radius 3 is 2.90 bits per heavy atom. The number of nitrogens with two attached hydrogens (primary N) is 1. The van der Waals surface area contributed by atoms with Crippen LogP contribution in [0.4, 0.5) is 4.39 Å². The van der Waals surface area contributed by atoms with Crippen molar-refractivity contribution in [2.45, 2.75) is 13.0 Å². The Kier molecular flexibility index (Phi) is 5.75. The van der Waals surface area contributed by atoms with Crippen molar-refractivity contribution < 1.29 is 4.39 Å². The molecule has 1 aromatic carbocycles. The number of likely N-dealkylation sites (tertiary alicyclic amines) is 1. The number of nitrogens with zero attached hydrogens (tertiary/aromatic N) is 2. The summed E-state index contributed by atoms with van der Waals surface area (Å²) in [4.78, 5) is 4.55. The Bertz CT molecular complexity index is 533. The Labute approximate surface area is 126 Å². The molecule has 0 amide bonds. The van der Waals surface area contributed by atoms with E-state index in [2.05, 4.69) is 35.7 Å². The molecule has 2 N–H and O–H groups in total. The smallest absolute Gasteiger partial charge is 0.128 e. The summed E-state index contributed by atoms with van der Waals surface area (Å²) in [7, 11) is 4.21. The second kappa shape index (κ2) is 7.56. The molecular weight excluding hydrogens is 265 g/mol. The molecule has 1 aromatic rings. The first-order valence-electron chi connectivity index (χ1n) is 7.43. The lowest BCUT2D eigenvalue weighted by Gasteiger charge is -2.21. The van der Waals surface area contributed by atoms with Crippen LogP contribution in [0.5, 0.6) is 0 Å². The molecule has 1 atom stereocenters. The van der Waals surface area contributed by atoms with Crippen molar-refractivity contribution >= 4 is 0 Å². The van der Waals surface area contributed by atoms with Crippen LogP contribution in [-0.4, -0.2) is 50.1 Å². The van der Waals surface area contributed by atoms with Crippen LogP contribution < -0.4 is 5.73 Å². The molecule has 4 heteroatoms. The molecule has 1 unspecified atom stereocenters. The van der Waals surface area contributed by atoms with Crippen molar-refractivity contribution in [2.24, 2.45) is 11.7 Å². The van der Waals surface area contributed by atoms with Gasteiger partial charge in [0.05, 0.1) is 6.54 Å². The van der Waals surface area contributed by atoms with Crippen LogP contribution in [0.15, 0.2) is 18.2 Å². The highest BCUT2D eigenvalue weighted by Crippen LogP contribution is 2.17. The normalized spacial score (nSPS) is 18.8. The van der Waals surface area contributed by atoms with Crippen LogP contribution in [0.25, 0.3) is 0 Å². The fraction of sp³-hybridized carbons (Fsp3) is 0.529. The second-order valence-electron chi connectivity index (χ2n) is 5.93. The molecule has 21 heavy (non-hydrogen) atoms. The molecule has 1 heterocycles. The monoisotopic (exact) mass is 289 g/mol. The Morgan fingerprint density at radius 2 is 2.29 bits per heavy atom. The summed E-state index contributed by atoms with van der Waals surface area (Å²) in [5.74, 6) is 6.10. The van der Waals surface area contributed by atoms with Crippen molar-refractivity contribution in [3.63, 3.8) is 0 Å². The molecule has 114 valence electrons. The molecule has 1 saturated heterocycles. The Morgan fingerprint density at radius 1 is 1.48 bits per heavy atom. The van der Waals surface area contributed by atoms with Gasteiger partial charge in [0.1, 0.15) is 5.82 Å². The van der Waals surface area contributed by atoms with Crippen LogP contribution in [0, 0.1) is 23.6 Å². The van der Waals surface area contributed by atoms with E-state index in [1.165, 1.54) is 19.0 Å². The third-order valence-electron chi connectivity index (χ3n) is 3.89. The highest BCUT2D eigenvalue weighted by atomic mass is 19.1. The maximum absolute atomic E-state index is 14.1. The molecule has 1 fully saturated rings. The molecule has 0 aromatic heterocycles. The molecule has 0 aliphatic carbocycles. The van der Waals surface area contributed by atoms with Gasteiger partial charge in [-0.05, 0) is 45.1 Å². The largest absolute Gasteiger partial charge is 0.320 e.